The van der Waals surface area contributed by atoms with Crippen LogP contribution in [0.1, 0.15) is 43.8 Å². The van der Waals surface area contributed by atoms with Crippen molar-refractivity contribution < 1.29 is 5.11 Å². The Kier molecular flexibility index (Phi) is 4.41. The van der Waals surface area contributed by atoms with Gasteiger partial charge in [0, 0.05) is 5.92 Å². The molecule has 1 aliphatic rings. The zero-order chi connectivity index (χ0) is 15.7. The van der Waals surface area contributed by atoms with Crippen LogP contribution in [0.2, 0.25) is 10.0 Å². The van der Waals surface area contributed by atoms with Gasteiger partial charge in [0.25, 0.3) is 5.56 Å². The molecule has 0 radical (unpaired) electrons. The van der Waals surface area contributed by atoms with Crippen molar-refractivity contribution >= 4 is 23.2 Å². The smallest absolute Gasteiger partial charge is 0.262 e. The van der Waals surface area contributed by atoms with Crippen LogP contribution in [0.25, 0.3) is 5.69 Å². The molecule has 1 heterocycles. The normalized spacial score (nSPS) is 15.9. The first-order valence-electron chi connectivity index (χ1n) is 7.35. The van der Waals surface area contributed by atoms with E-state index in [1.165, 1.54) is 11.0 Å². The van der Waals surface area contributed by atoms with Crippen molar-refractivity contribution in [1.29, 1.82) is 0 Å². The van der Waals surface area contributed by atoms with Crippen LogP contribution in [0.4, 0.5) is 0 Å². The number of rotatable bonds is 2. The summed E-state index contributed by atoms with van der Waals surface area (Å²) in [6.45, 7) is 0. The molecule has 4 nitrogen and oxygen atoms in total. The third-order valence-electron chi connectivity index (χ3n) is 4.06. The summed E-state index contributed by atoms with van der Waals surface area (Å²) >= 11 is 12.5. The van der Waals surface area contributed by atoms with E-state index < -0.39 is 0 Å². The highest BCUT2D eigenvalue weighted by Crippen LogP contribution is 2.35. The molecule has 1 aliphatic carbocycles. The molecule has 1 saturated carbocycles. The molecule has 0 saturated heterocycles. The predicted molar refractivity (Wildman–Crippen MR) is 87.3 cm³/mol. The molecule has 6 heteroatoms. The third kappa shape index (κ3) is 2.85. The van der Waals surface area contributed by atoms with Crippen molar-refractivity contribution in [1.82, 2.24) is 9.55 Å². The molecule has 0 aliphatic heterocycles. The summed E-state index contributed by atoms with van der Waals surface area (Å²) in [5, 5.41) is 10.5. The minimum atomic E-state index is -0.372. The van der Waals surface area contributed by atoms with Gasteiger partial charge in [-0.25, -0.2) is 0 Å². The minimum Gasteiger partial charge on any atom is -0.493 e. The SMILES string of the molecule is O=c1cc(O)nc(C2CCCCC2)n1-c1c(Cl)cccc1Cl. The number of nitrogens with zero attached hydrogens (tertiary/aromatic N) is 2. The summed E-state index contributed by atoms with van der Waals surface area (Å²) in [6.07, 6.45) is 5.25. The van der Waals surface area contributed by atoms with E-state index in [2.05, 4.69) is 4.98 Å². The number of hydrogen-bond donors (Lipinski definition) is 1. The number of para-hydroxylation sites is 1. The monoisotopic (exact) mass is 338 g/mol. The highest BCUT2D eigenvalue weighted by Gasteiger charge is 2.24. The Bertz CT molecular complexity index is 732. The highest BCUT2D eigenvalue weighted by atomic mass is 35.5. The maximum Gasteiger partial charge on any atom is 0.262 e. The second-order valence-corrected chi connectivity index (χ2v) is 6.37. The lowest BCUT2D eigenvalue weighted by Gasteiger charge is -2.24. The lowest BCUT2D eigenvalue weighted by molar-refractivity contribution is 0.402. The Morgan fingerprint density at radius 3 is 2.41 bits per heavy atom. The maximum atomic E-state index is 12.5. The van der Waals surface area contributed by atoms with Crippen LogP contribution in [0.5, 0.6) is 5.88 Å². The van der Waals surface area contributed by atoms with Crippen molar-refractivity contribution in [3.8, 4) is 11.6 Å². The molecule has 1 N–H and O–H groups in total. The molecule has 2 aromatic rings. The Morgan fingerprint density at radius 1 is 1.14 bits per heavy atom. The Labute approximate surface area is 138 Å². The van der Waals surface area contributed by atoms with Crippen LogP contribution in [0, 0.1) is 0 Å². The quantitative estimate of drug-likeness (QED) is 0.888. The molecule has 0 amide bonds. The molecule has 1 aromatic heterocycles. The first-order valence-corrected chi connectivity index (χ1v) is 8.11. The molecule has 0 atom stereocenters. The van der Waals surface area contributed by atoms with Gasteiger partial charge in [-0.05, 0) is 25.0 Å². The lowest BCUT2D eigenvalue weighted by atomic mass is 9.88. The molecular weight excluding hydrogens is 323 g/mol. The number of halogens is 2. The van der Waals surface area contributed by atoms with Gasteiger partial charge in [-0.1, -0.05) is 48.5 Å². The Hall–Kier alpha value is -1.52. The maximum absolute atomic E-state index is 12.5. The van der Waals surface area contributed by atoms with E-state index in [1.54, 1.807) is 18.2 Å². The van der Waals surface area contributed by atoms with Crippen LogP contribution in [-0.2, 0) is 0 Å². The van der Waals surface area contributed by atoms with Crippen LogP contribution >= 0.6 is 23.2 Å². The number of benzene rings is 1. The van der Waals surface area contributed by atoms with Gasteiger partial charge < -0.3 is 5.11 Å². The van der Waals surface area contributed by atoms with Gasteiger partial charge in [0.15, 0.2) is 0 Å². The zero-order valence-electron chi connectivity index (χ0n) is 11.9. The summed E-state index contributed by atoms with van der Waals surface area (Å²) < 4.78 is 1.44. The molecule has 1 fully saturated rings. The Balaban J connectivity index is 2.24. The highest BCUT2D eigenvalue weighted by molar-refractivity contribution is 6.37. The summed E-state index contributed by atoms with van der Waals surface area (Å²) in [5.41, 5.74) is 0.0620. The Morgan fingerprint density at radius 2 is 1.77 bits per heavy atom. The second-order valence-electron chi connectivity index (χ2n) is 5.55. The van der Waals surface area contributed by atoms with Crippen molar-refractivity contribution in [3.63, 3.8) is 0 Å². The number of aromatic hydroxyl groups is 1. The van der Waals surface area contributed by atoms with Gasteiger partial charge >= 0.3 is 0 Å². The zero-order valence-corrected chi connectivity index (χ0v) is 13.4. The van der Waals surface area contributed by atoms with Crippen molar-refractivity contribution in [3.05, 3.63) is 50.5 Å². The van der Waals surface area contributed by atoms with Gasteiger partial charge in [0.05, 0.1) is 21.8 Å². The largest absolute Gasteiger partial charge is 0.493 e. The van der Waals surface area contributed by atoms with Gasteiger partial charge in [0.1, 0.15) is 5.82 Å². The predicted octanol–water partition coefficient (Wildman–Crippen LogP) is 4.29. The molecule has 1 aromatic carbocycles. The fraction of sp³-hybridized carbons (Fsp3) is 0.375. The van der Waals surface area contributed by atoms with Crippen LogP contribution in [-0.4, -0.2) is 14.7 Å². The van der Waals surface area contributed by atoms with Gasteiger partial charge in [-0.2, -0.15) is 4.98 Å². The third-order valence-corrected chi connectivity index (χ3v) is 4.67. The van der Waals surface area contributed by atoms with E-state index in [1.807, 2.05) is 0 Å². The van der Waals surface area contributed by atoms with Crippen LogP contribution in [0.15, 0.2) is 29.1 Å². The van der Waals surface area contributed by atoms with E-state index in [9.17, 15) is 9.90 Å². The summed E-state index contributed by atoms with van der Waals surface area (Å²) in [5.74, 6) is 0.408. The van der Waals surface area contributed by atoms with Crippen LogP contribution < -0.4 is 5.56 Å². The van der Waals surface area contributed by atoms with Gasteiger partial charge in [0.2, 0.25) is 5.88 Å². The number of aromatic nitrogens is 2. The molecule has 3 rings (SSSR count). The van der Waals surface area contributed by atoms with Gasteiger partial charge in [-0.3, -0.25) is 9.36 Å². The van der Waals surface area contributed by atoms with Crippen LogP contribution in [0.3, 0.4) is 0 Å². The summed E-state index contributed by atoms with van der Waals surface area (Å²) in [4.78, 5) is 16.7. The first kappa shape index (κ1) is 15.4. The molecule has 22 heavy (non-hydrogen) atoms. The topological polar surface area (TPSA) is 55.1 Å². The lowest BCUT2D eigenvalue weighted by Crippen LogP contribution is -2.26. The average molecular weight is 339 g/mol. The molecular formula is C16H16Cl2N2O2. The van der Waals surface area contributed by atoms with Gasteiger partial charge in [-0.15, -0.1) is 0 Å². The summed E-state index contributed by atoms with van der Waals surface area (Å²) in [6, 6.07) is 6.19. The fourth-order valence-electron chi connectivity index (χ4n) is 3.05. The van der Waals surface area contributed by atoms with E-state index in [4.69, 9.17) is 23.2 Å². The molecule has 0 unspecified atom stereocenters. The molecule has 0 bridgehead atoms. The van der Waals surface area contributed by atoms with E-state index >= 15 is 0 Å². The standard InChI is InChI=1S/C16H16Cl2N2O2/c17-11-7-4-8-12(18)15(11)20-14(22)9-13(21)19-16(20)10-5-2-1-3-6-10/h4,7-10,21H,1-3,5-6H2. The van der Waals surface area contributed by atoms with E-state index in [-0.39, 0.29) is 17.4 Å². The van der Waals surface area contributed by atoms with Crippen molar-refractivity contribution in [2.45, 2.75) is 38.0 Å². The van der Waals surface area contributed by atoms with Crippen molar-refractivity contribution in [2.24, 2.45) is 0 Å². The molecule has 0 spiro atoms. The van der Waals surface area contributed by atoms with E-state index in [0.29, 0.717) is 21.6 Å². The minimum absolute atomic E-state index is 0.126. The van der Waals surface area contributed by atoms with Crippen molar-refractivity contribution in [2.75, 3.05) is 0 Å². The first-order chi connectivity index (χ1) is 10.6. The average Bonchev–Trinajstić information content (AvgIpc) is 2.49. The molecule has 116 valence electrons. The van der Waals surface area contributed by atoms with E-state index in [0.717, 1.165) is 31.7 Å². The second kappa shape index (κ2) is 6.31. The summed E-state index contributed by atoms with van der Waals surface area (Å²) in [7, 11) is 0. The number of hydrogen-bond acceptors (Lipinski definition) is 3. The fourth-order valence-corrected chi connectivity index (χ4v) is 3.62.